The number of nitrogens with zero attached hydrogens (tertiary/aromatic N) is 1. The lowest BCUT2D eigenvalue weighted by atomic mass is 10.2. The Kier molecular flexibility index (Phi) is 2.11. The highest BCUT2D eigenvalue weighted by Gasteiger charge is 2.08. The number of nitriles is 1. The lowest BCUT2D eigenvalue weighted by Crippen LogP contribution is -1.94. The normalized spacial score (nSPS) is 9.18. The predicted octanol–water partition coefficient (Wildman–Crippen LogP) is 2.04. The van der Waals surface area contributed by atoms with Crippen molar-refractivity contribution in [3.05, 3.63) is 28.0 Å². The van der Waals surface area contributed by atoms with Gasteiger partial charge in [0.15, 0.2) is 5.82 Å². The molecule has 1 aromatic rings. The van der Waals surface area contributed by atoms with Crippen molar-refractivity contribution in [2.24, 2.45) is 0 Å². The number of benzene rings is 1. The van der Waals surface area contributed by atoms with E-state index in [9.17, 15) is 4.39 Å². The van der Waals surface area contributed by atoms with Crippen LogP contribution in [0.25, 0.3) is 0 Å². The molecule has 0 aliphatic carbocycles. The molecule has 2 nitrogen and oxygen atoms in total. The van der Waals surface area contributed by atoms with Gasteiger partial charge in [0, 0.05) is 0 Å². The van der Waals surface area contributed by atoms with Crippen LogP contribution >= 0.6 is 15.9 Å². The van der Waals surface area contributed by atoms with Crippen LogP contribution in [0.15, 0.2) is 16.6 Å². The lowest BCUT2D eigenvalue weighted by Gasteiger charge is -1.99. The standard InChI is InChI=1S/C7H4BrFN2/c8-5-1-2-6(11)4(3-10)7(5)9/h1-2H,11H2. The Morgan fingerprint density at radius 3 is 2.64 bits per heavy atom. The minimum atomic E-state index is -0.604. The second-order valence-corrected chi connectivity index (χ2v) is 2.79. The van der Waals surface area contributed by atoms with Gasteiger partial charge in [-0.15, -0.1) is 0 Å². The van der Waals surface area contributed by atoms with Crippen LogP contribution in [0.5, 0.6) is 0 Å². The molecule has 4 heteroatoms. The molecule has 1 rings (SSSR count). The van der Waals surface area contributed by atoms with Crippen LogP contribution in [-0.2, 0) is 0 Å². The van der Waals surface area contributed by atoms with Crippen LogP contribution in [0.2, 0.25) is 0 Å². The van der Waals surface area contributed by atoms with Crippen molar-refractivity contribution < 1.29 is 4.39 Å². The van der Waals surface area contributed by atoms with Gasteiger partial charge >= 0.3 is 0 Å². The van der Waals surface area contributed by atoms with Gasteiger partial charge in [-0.3, -0.25) is 0 Å². The summed E-state index contributed by atoms with van der Waals surface area (Å²) in [6, 6.07) is 4.62. The summed E-state index contributed by atoms with van der Waals surface area (Å²) < 4.78 is 13.2. The summed E-state index contributed by atoms with van der Waals surface area (Å²) in [5.41, 5.74) is 5.37. The van der Waals surface area contributed by atoms with Crippen LogP contribution < -0.4 is 5.73 Å². The Labute approximate surface area is 71.6 Å². The van der Waals surface area contributed by atoms with E-state index in [0.29, 0.717) is 0 Å². The highest BCUT2D eigenvalue weighted by atomic mass is 79.9. The van der Waals surface area contributed by atoms with E-state index in [1.807, 2.05) is 0 Å². The van der Waals surface area contributed by atoms with E-state index in [-0.39, 0.29) is 15.7 Å². The van der Waals surface area contributed by atoms with E-state index in [1.165, 1.54) is 12.1 Å². The van der Waals surface area contributed by atoms with Gasteiger partial charge in [-0.25, -0.2) is 4.39 Å². The molecule has 0 aliphatic rings. The first-order chi connectivity index (χ1) is 5.16. The number of hydrogen-bond acceptors (Lipinski definition) is 2. The minimum Gasteiger partial charge on any atom is -0.398 e. The molecule has 0 aliphatic heterocycles. The van der Waals surface area contributed by atoms with Gasteiger partial charge in [-0.05, 0) is 28.1 Å². The highest BCUT2D eigenvalue weighted by Crippen LogP contribution is 2.22. The van der Waals surface area contributed by atoms with E-state index in [1.54, 1.807) is 6.07 Å². The summed E-state index contributed by atoms with van der Waals surface area (Å²) in [4.78, 5) is 0. The Morgan fingerprint density at radius 1 is 1.55 bits per heavy atom. The lowest BCUT2D eigenvalue weighted by molar-refractivity contribution is 0.618. The second-order valence-electron chi connectivity index (χ2n) is 1.94. The summed E-state index contributed by atoms with van der Waals surface area (Å²) in [7, 11) is 0. The average molecular weight is 215 g/mol. The van der Waals surface area contributed by atoms with Crippen molar-refractivity contribution in [3.63, 3.8) is 0 Å². The van der Waals surface area contributed by atoms with Crippen molar-refractivity contribution >= 4 is 21.6 Å². The summed E-state index contributed by atoms with van der Waals surface area (Å²) in [5, 5.41) is 8.43. The van der Waals surface area contributed by atoms with Crippen molar-refractivity contribution in [1.29, 1.82) is 5.26 Å². The number of nitrogen functional groups attached to an aromatic ring is 1. The molecule has 0 amide bonds. The Hall–Kier alpha value is -1.08. The summed E-state index contributed by atoms with van der Waals surface area (Å²) in [6.07, 6.45) is 0. The molecule has 1 aromatic carbocycles. The van der Waals surface area contributed by atoms with Crippen LogP contribution in [0.1, 0.15) is 5.56 Å². The fraction of sp³-hybridized carbons (Fsp3) is 0. The SMILES string of the molecule is N#Cc1c(N)ccc(Br)c1F. The quantitative estimate of drug-likeness (QED) is 0.673. The summed E-state index contributed by atoms with van der Waals surface area (Å²) >= 11 is 2.94. The number of rotatable bonds is 0. The van der Waals surface area contributed by atoms with Crippen molar-refractivity contribution in [3.8, 4) is 6.07 Å². The van der Waals surface area contributed by atoms with Gasteiger partial charge in [0.25, 0.3) is 0 Å². The molecule has 0 bridgehead atoms. The van der Waals surface area contributed by atoms with Crippen LogP contribution in [0.3, 0.4) is 0 Å². The van der Waals surface area contributed by atoms with E-state index < -0.39 is 5.82 Å². The van der Waals surface area contributed by atoms with Gasteiger partial charge in [-0.2, -0.15) is 5.26 Å². The average Bonchev–Trinajstić information content (AvgIpc) is 1.99. The van der Waals surface area contributed by atoms with Crippen molar-refractivity contribution in [2.45, 2.75) is 0 Å². The van der Waals surface area contributed by atoms with Crippen molar-refractivity contribution in [1.82, 2.24) is 0 Å². The van der Waals surface area contributed by atoms with E-state index in [4.69, 9.17) is 11.0 Å². The van der Waals surface area contributed by atoms with Gasteiger partial charge in [0.2, 0.25) is 0 Å². The molecule has 0 unspecified atom stereocenters. The first kappa shape index (κ1) is 8.02. The van der Waals surface area contributed by atoms with Gasteiger partial charge in [-0.1, -0.05) is 0 Å². The molecular weight excluding hydrogens is 211 g/mol. The molecule has 0 radical (unpaired) electrons. The van der Waals surface area contributed by atoms with Gasteiger partial charge in [0.05, 0.1) is 10.2 Å². The maximum Gasteiger partial charge on any atom is 0.157 e. The molecule has 0 heterocycles. The smallest absolute Gasteiger partial charge is 0.157 e. The third-order valence-electron chi connectivity index (χ3n) is 1.24. The third-order valence-corrected chi connectivity index (χ3v) is 1.85. The van der Waals surface area contributed by atoms with E-state index in [2.05, 4.69) is 15.9 Å². The molecular formula is C7H4BrFN2. The molecule has 0 atom stereocenters. The first-order valence-corrected chi connectivity index (χ1v) is 3.59. The number of halogens is 2. The topological polar surface area (TPSA) is 49.8 Å². The Morgan fingerprint density at radius 2 is 2.18 bits per heavy atom. The number of nitrogens with two attached hydrogens (primary N) is 1. The fourth-order valence-electron chi connectivity index (χ4n) is 0.679. The Balaban J connectivity index is 3.44. The molecule has 0 spiro atoms. The third kappa shape index (κ3) is 1.33. The Bertz CT molecular complexity index is 330. The highest BCUT2D eigenvalue weighted by molar-refractivity contribution is 9.10. The van der Waals surface area contributed by atoms with Gasteiger partial charge < -0.3 is 5.73 Å². The number of anilines is 1. The molecule has 56 valence electrons. The largest absolute Gasteiger partial charge is 0.398 e. The van der Waals surface area contributed by atoms with E-state index in [0.717, 1.165) is 0 Å². The first-order valence-electron chi connectivity index (χ1n) is 2.80. The van der Waals surface area contributed by atoms with Gasteiger partial charge in [0.1, 0.15) is 11.6 Å². The molecule has 0 saturated carbocycles. The van der Waals surface area contributed by atoms with Crippen LogP contribution in [0, 0.1) is 17.1 Å². The molecule has 0 fully saturated rings. The fourth-order valence-corrected chi connectivity index (χ4v) is 1.01. The predicted molar refractivity (Wildman–Crippen MR) is 43.2 cm³/mol. The second kappa shape index (κ2) is 2.89. The van der Waals surface area contributed by atoms with E-state index >= 15 is 0 Å². The monoisotopic (exact) mass is 214 g/mol. The minimum absolute atomic E-state index is 0.112. The summed E-state index contributed by atoms with van der Waals surface area (Å²) in [5.74, 6) is -0.604. The molecule has 0 saturated heterocycles. The maximum atomic E-state index is 12.9. The molecule has 11 heavy (non-hydrogen) atoms. The number of hydrogen-bond donors (Lipinski definition) is 1. The summed E-state index contributed by atoms with van der Waals surface area (Å²) in [6.45, 7) is 0. The van der Waals surface area contributed by atoms with Crippen LogP contribution in [-0.4, -0.2) is 0 Å². The zero-order valence-electron chi connectivity index (χ0n) is 5.44. The molecule has 0 aromatic heterocycles. The maximum absolute atomic E-state index is 12.9. The van der Waals surface area contributed by atoms with Crippen LogP contribution in [0.4, 0.5) is 10.1 Å². The zero-order valence-corrected chi connectivity index (χ0v) is 7.02. The molecule has 2 N–H and O–H groups in total. The van der Waals surface area contributed by atoms with Crippen molar-refractivity contribution in [2.75, 3.05) is 5.73 Å². The zero-order chi connectivity index (χ0) is 8.43.